The predicted molar refractivity (Wildman–Crippen MR) is 63.4 cm³/mol. The fraction of sp³-hybridized carbons (Fsp3) is 0.923. The molecule has 1 saturated carbocycles. The molecule has 0 aromatic carbocycles. The van der Waals surface area contributed by atoms with Gasteiger partial charge in [0.05, 0.1) is 6.42 Å². The summed E-state index contributed by atoms with van der Waals surface area (Å²) in [5.41, 5.74) is 0. The number of rotatable bonds is 4. The maximum atomic E-state index is 10.9. The Morgan fingerprint density at radius 3 is 2.81 bits per heavy atom. The van der Waals surface area contributed by atoms with Crippen LogP contribution in [0.25, 0.3) is 0 Å². The van der Waals surface area contributed by atoms with E-state index in [4.69, 9.17) is 5.11 Å². The van der Waals surface area contributed by atoms with Crippen LogP contribution >= 0.6 is 0 Å². The molecule has 2 fully saturated rings. The van der Waals surface area contributed by atoms with Crippen molar-refractivity contribution in [3.05, 3.63) is 0 Å². The van der Waals surface area contributed by atoms with Crippen molar-refractivity contribution in [2.45, 2.75) is 64.0 Å². The zero-order valence-corrected chi connectivity index (χ0v) is 10.2. The van der Waals surface area contributed by atoms with Crippen LogP contribution in [0.1, 0.15) is 51.9 Å². The quantitative estimate of drug-likeness (QED) is 0.799. The maximum absolute atomic E-state index is 10.9. The molecular formula is C13H23NO2. The summed E-state index contributed by atoms with van der Waals surface area (Å²) >= 11 is 0. The lowest BCUT2D eigenvalue weighted by Gasteiger charge is -2.42. The number of piperidine rings is 1. The smallest absolute Gasteiger partial charge is 0.304 e. The first kappa shape index (κ1) is 11.9. The highest BCUT2D eigenvalue weighted by molar-refractivity contribution is 5.67. The summed E-state index contributed by atoms with van der Waals surface area (Å²) in [6.45, 7) is 3.24. The van der Waals surface area contributed by atoms with Gasteiger partial charge in [0.2, 0.25) is 0 Å². The zero-order chi connectivity index (χ0) is 11.5. The van der Waals surface area contributed by atoms with E-state index in [9.17, 15) is 4.79 Å². The molecule has 1 N–H and O–H groups in total. The second-order valence-corrected chi connectivity index (χ2v) is 5.30. The molecule has 0 spiro atoms. The van der Waals surface area contributed by atoms with Gasteiger partial charge < -0.3 is 5.11 Å². The Labute approximate surface area is 97.8 Å². The van der Waals surface area contributed by atoms with Crippen LogP contribution in [-0.4, -0.2) is 34.6 Å². The molecule has 3 atom stereocenters. The minimum absolute atomic E-state index is 0.267. The van der Waals surface area contributed by atoms with Gasteiger partial charge in [0, 0.05) is 12.1 Å². The second kappa shape index (κ2) is 5.17. The number of carboxylic acids is 1. The van der Waals surface area contributed by atoms with Crippen molar-refractivity contribution in [3.8, 4) is 0 Å². The molecule has 0 radical (unpaired) electrons. The lowest BCUT2D eigenvalue weighted by molar-refractivity contribution is -0.139. The lowest BCUT2D eigenvalue weighted by atomic mass is 9.89. The molecule has 1 saturated heterocycles. The summed E-state index contributed by atoms with van der Waals surface area (Å²) in [6.07, 6.45) is 7.91. The topological polar surface area (TPSA) is 40.5 Å². The van der Waals surface area contributed by atoms with Crippen LogP contribution in [0.5, 0.6) is 0 Å². The molecule has 16 heavy (non-hydrogen) atoms. The summed E-state index contributed by atoms with van der Waals surface area (Å²) in [6, 6.07) is 0.960. The number of hydrogen-bond donors (Lipinski definition) is 1. The highest BCUT2D eigenvalue weighted by atomic mass is 16.4. The minimum Gasteiger partial charge on any atom is -0.481 e. The Morgan fingerprint density at radius 2 is 2.12 bits per heavy atom. The van der Waals surface area contributed by atoms with E-state index in [1.807, 2.05) is 0 Å². The molecule has 1 heterocycles. The third-order valence-electron chi connectivity index (χ3n) is 4.39. The van der Waals surface area contributed by atoms with Crippen LogP contribution in [-0.2, 0) is 4.79 Å². The fourth-order valence-corrected chi connectivity index (χ4v) is 3.64. The van der Waals surface area contributed by atoms with Crippen molar-refractivity contribution in [1.82, 2.24) is 4.90 Å². The van der Waals surface area contributed by atoms with E-state index < -0.39 is 5.97 Å². The van der Waals surface area contributed by atoms with Crippen molar-refractivity contribution >= 4 is 5.97 Å². The number of hydrogen-bond acceptors (Lipinski definition) is 2. The normalized spacial score (nSPS) is 32.3. The molecule has 1 aliphatic heterocycles. The van der Waals surface area contributed by atoms with E-state index in [-0.39, 0.29) is 6.04 Å². The van der Waals surface area contributed by atoms with Crippen molar-refractivity contribution in [3.63, 3.8) is 0 Å². The number of likely N-dealkylation sites (tertiary alicyclic amines) is 1. The number of carbonyl (C=O) groups is 1. The van der Waals surface area contributed by atoms with Gasteiger partial charge in [0.25, 0.3) is 0 Å². The van der Waals surface area contributed by atoms with E-state index in [0.29, 0.717) is 12.5 Å². The summed E-state index contributed by atoms with van der Waals surface area (Å²) < 4.78 is 0. The van der Waals surface area contributed by atoms with E-state index in [1.54, 1.807) is 0 Å². The SMILES string of the molecule is CCC(CC(=O)O)N1CCCC2CCCC21. The van der Waals surface area contributed by atoms with Gasteiger partial charge in [-0.3, -0.25) is 9.69 Å². The Kier molecular flexibility index (Phi) is 3.85. The largest absolute Gasteiger partial charge is 0.481 e. The van der Waals surface area contributed by atoms with Gasteiger partial charge >= 0.3 is 5.97 Å². The highest BCUT2D eigenvalue weighted by Crippen LogP contribution is 2.38. The van der Waals surface area contributed by atoms with Gasteiger partial charge in [0.15, 0.2) is 0 Å². The summed E-state index contributed by atoms with van der Waals surface area (Å²) in [5, 5.41) is 8.96. The molecule has 0 amide bonds. The number of aliphatic carboxylic acids is 1. The molecule has 2 rings (SSSR count). The first-order chi connectivity index (χ1) is 7.72. The molecule has 0 bridgehead atoms. The van der Waals surface area contributed by atoms with Gasteiger partial charge in [-0.1, -0.05) is 13.3 Å². The average Bonchev–Trinajstić information content (AvgIpc) is 2.73. The van der Waals surface area contributed by atoms with Crippen molar-refractivity contribution in [1.29, 1.82) is 0 Å². The Bertz CT molecular complexity index is 254. The average molecular weight is 225 g/mol. The number of nitrogens with zero attached hydrogens (tertiary/aromatic N) is 1. The molecule has 1 aliphatic carbocycles. The van der Waals surface area contributed by atoms with Crippen molar-refractivity contribution in [2.24, 2.45) is 5.92 Å². The van der Waals surface area contributed by atoms with Gasteiger partial charge in [0.1, 0.15) is 0 Å². The van der Waals surface area contributed by atoms with E-state index >= 15 is 0 Å². The van der Waals surface area contributed by atoms with Crippen LogP contribution in [0.15, 0.2) is 0 Å². The van der Waals surface area contributed by atoms with Crippen LogP contribution in [0.2, 0.25) is 0 Å². The molecule has 2 aliphatic rings. The van der Waals surface area contributed by atoms with Gasteiger partial charge in [-0.15, -0.1) is 0 Å². The van der Waals surface area contributed by atoms with Crippen LogP contribution in [0.3, 0.4) is 0 Å². The zero-order valence-electron chi connectivity index (χ0n) is 10.2. The first-order valence-corrected chi connectivity index (χ1v) is 6.70. The van der Waals surface area contributed by atoms with E-state index in [2.05, 4.69) is 11.8 Å². The number of fused-ring (bicyclic) bond motifs is 1. The fourth-order valence-electron chi connectivity index (χ4n) is 3.64. The molecular weight excluding hydrogens is 202 g/mol. The summed E-state index contributed by atoms with van der Waals surface area (Å²) in [7, 11) is 0. The molecule has 92 valence electrons. The van der Waals surface area contributed by atoms with E-state index in [0.717, 1.165) is 18.9 Å². The Balaban J connectivity index is 2.02. The van der Waals surface area contributed by atoms with Gasteiger partial charge in [-0.05, 0) is 44.6 Å². The van der Waals surface area contributed by atoms with Crippen LogP contribution in [0, 0.1) is 5.92 Å². The monoisotopic (exact) mass is 225 g/mol. The summed E-state index contributed by atoms with van der Waals surface area (Å²) in [4.78, 5) is 13.4. The first-order valence-electron chi connectivity index (χ1n) is 6.70. The standard InChI is InChI=1S/C13H23NO2/c1-2-11(9-13(15)16)14-8-4-6-10-5-3-7-12(10)14/h10-12H,2-9H2,1H3,(H,15,16). The van der Waals surface area contributed by atoms with Crippen molar-refractivity contribution < 1.29 is 9.90 Å². The van der Waals surface area contributed by atoms with Gasteiger partial charge in [-0.25, -0.2) is 0 Å². The highest BCUT2D eigenvalue weighted by Gasteiger charge is 2.37. The maximum Gasteiger partial charge on any atom is 0.304 e. The van der Waals surface area contributed by atoms with Gasteiger partial charge in [-0.2, -0.15) is 0 Å². The van der Waals surface area contributed by atoms with E-state index in [1.165, 1.54) is 32.1 Å². The molecule has 0 aromatic heterocycles. The molecule has 0 aromatic rings. The molecule has 3 heteroatoms. The molecule has 3 nitrogen and oxygen atoms in total. The van der Waals surface area contributed by atoms with Crippen LogP contribution < -0.4 is 0 Å². The Hall–Kier alpha value is -0.570. The third-order valence-corrected chi connectivity index (χ3v) is 4.39. The molecule has 3 unspecified atom stereocenters. The third kappa shape index (κ3) is 2.40. The number of carboxylic acid groups (broad SMARTS) is 1. The summed E-state index contributed by atoms with van der Waals surface area (Å²) in [5.74, 6) is 0.212. The Morgan fingerprint density at radius 1 is 1.38 bits per heavy atom. The predicted octanol–water partition coefficient (Wildman–Crippen LogP) is 2.50. The second-order valence-electron chi connectivity index (χ2n) is 5.30. The lowest BCUT2D eigenvalue weighted by Crippen LogP contribution is -2.48. The van der Waals surface area contributed by atoms with Crippen LogP contribution in [0.4, 0.5) is 0 Å². The minimum atomic E-state index is -0.646. The van der Waals surface area contributed by atoms with Crippen molar-refractivity contribution in [2.75, 3.05) is 6.54 Å².